The standard InChI is InChI=1S/C18H24N4O3/c1-6-20(7-2)17-21-10-8-9-12(15(23)24)13(21)14-19-18(5,11(3)4)16(25)22(14)17/h8-11,17H,6-7H2,1-5H3/p+1. The SMILES string of the molecule is CCN(CC)C1N2C(=O)C(C)(C(C)C)N=C2c2c(C(=O)O)ccc[n+]21. The van der Waals surface area contributed by atoms with Gasteiger partial charge in [-0.15, -0.1) is 0 Å². The number of aromatic nitrogens is 1. The number of aliphatic imine (C=N–C) groups is 1. The molecule has 25 heavy (non-hydrogen) atoms. The minimum Gasteiger partial charge on any atom is -0.477 e. The first-order valence-electron chi connectivity index (χ1n) is 8.73. The van der Waals surface area contributed by atoms with Crippen molar-refractivity contribution in [3.63, 3.8) is 0 Å². The molecule has 0 aromatic carbocycles. The van der Waals surface area contributed by atoms with Gasteiger partial charge in [-0.3, -0.25) is 4.79 Å². The maximum absolute atomic E-state index is 13.3. The molecule has 0 bridgehead atoms. The first-order valence-corrected chi connectivity index (χ1v) is 8.73. The van der Waals surface area contributed by atoms with Crippen LogP contribution in [-0.2, 0) is 4.79 Å². The van der Waals surface area contributed by atoms with Gasteiger partial charge in [0.2, 0.25) is 5.84 Å². The molecule has 1 aromatic heterocycles. The Morgan fingerprint density at radius 2 is 2.08 bits per heavy atom. The van der Waals surface area contributed by atoms with E-state index in [2.05, 4.69) is 4.90 Å². The van der Waals surface area contributed by atoms with E-state index >= 15 is 0 Å². The lowest BCUT2D eigenvalue weighted by molar-refractivity contribution is -0.749. The third-order valence-corrected chi connectivity index (χ3v) is 5.43. The van der Waals surface area contributed by atoms with E-state index < -0.39 is 11.5 Å². The third kappa shape index (κ3) is 2.29. The van der Waals surface area contributed by atoms with Gasteiger partial charge >= 0.3 is 12.3 Å². The van der Waals surface area contributed by atoms with Crippen LogP contribution in [0.4, 0.5) is 0 Å². The van der Waals surface area contributed by atoms with Crippen molar-refractivity contribution in [2.45, 2.75) is 46.4 Å². The number of rotatable bonds is 5. The van der Waals surface area contributed by atoms with Gasteiger partial charge in [-0.2, -0.15) is 4.57 Å². The van der Waals surface area contributed by atoms with Gasteiger partial charge in [-0.05, 0) is 18.9 Å². The molecular formula is C18H25N4O3+. The fourth-order valence-corrected chi connectivity index (χ4v) is 3.56. The van der Waals surface area contributed by atoms with Crippen LogP contribution >= 0.6 is 0 Å². The van der Waals surface area contributed by atoms with Gasteiger partial charge in [0.15, 0.2) is 6.20 Å². The van der Waals surface area contributed by atoms with E-state index in [0.717, 1.165) is 13.1 Å². The van der Waals surface area contributed by atoms with E-state index in [-0.39, 0.29) is 23.7 Å². The number of nitrogens with zero attached hydrogens (tertiary/aromatic N) is 4. The van der Waals surface area contributed by atoms with Crippen LogP contribution in [-0.4, -0.2) is 51.2 Å². The average Bonchev–Trinajstić information content (AvgIpc) is 3.02. The number of amidine groups is 1. The smallest absolute Gasteiger partial charge is 0.342 e. The highest BCUT2D eigenvalue weighted by atomic mass is 16.4. The molecule has 2 unspecified atom stereocenters. The molecular weight excluding hydrogens is 320 g/mol. The molecule has 2 aliphatic heterocycles. The maximum atomic E-state index is 13.3. The van der Waals surface area contributed by atoms with Crippen molar-refractivity contribution in [2.24, 2.45) is 10.9 Å². The number of fused-ring (bicyclic) bond motifs is 3. The van der Waals surface area contributed by atoms with Crippen molar-refractivity contribution in [3.8, 4) is 0 Å². The van der Waals surface area contributed by atoms with Crippen molar-refractivity contribution in [1.82, 2.24) is 9.80 Å². The number of amides is 1. The van der Waals surface area contributed by atoms with Gasteiger partial charge in [0.05, 0.1) is 0 Å². The van der Waals surface area contributed by atoms with Crippen molar-refractivity contribution in [3.05, 3.63) is 29.6 Å². The van der Waals surface area contributed by atoms with Crippen LogP contribution in [0.5, 0.6) is 0 Å². The zero-order chi connectivity index (χ0) is 18.5. The predicted molar refractivity (Wildman–Crippen MR) is 92.2 cm³/mol. The minimum absolute atomic E-state index is 0.0147. The molecule has 0 saturated heterocycles. The Morgan fingerprint density at radius 1 is 1.44 bits per heavy atom. The van der Waals surface area contributed by atoms with Crippen molar-refractivity contribution in [2.75, 3.05) is 13.1 Å². The molecule has 3 heterocycles. The molecule has 0 fully saturated rings. The molecule has 2 aliphatic rings. The maximum Gasteiger partial charge on any atom is 0.342 e. The highest BCUT2D eigenvalue weighted by Gasteiger charge is 2.60. The monoisotopic (exact) mass is 345 g/mol. The van der Waals surface area contributed by atoms with Crippen molar-refractivity contribution in [1.29, 1.82) is 0 Å². The molecule has 3 rings (SSSR count). The van der Waals surface area contributed by atoms with Gasteiger partial charge in [0, 0.05) is 19.2 Å². The quantitative estimate of drug-likeness (QED) is 0.820. The number of pyridine rings is 1. The van der Waals surface area contributed by atoms with E-state index in [1.807, 2.05) is 45.4 Å². The zero-order valence-corrected chi connectivity index (χ0v) is 15.4. The summed E-state index contributed by atoms with van der Waals surface area (Å²) in [6, 6.07) is 3.27. The number of carboxylic acids is 1. The van der Waals surface area contributed by atoms with Crippen LogP contribution in [0.25, 0.3) is 0 Å². The number of hydrogen-bond donors (Lipinski definition) is 1. The van der Waals surface area contributed by atoms with E-state index in [9.17, 15) is 14.7 Å². The summed E-state index contributed by atoms with van der Waals surface area (Å²) in [6.07, 6.45) is 1.45. The summed E-state index contributed by atoms with van der Waals surface area (Å²) in [5.74, 6) is -0.607. The molecule has 7 heteroatoms. The van der Waals surface area contributed by atoms with Crippen LogP contribution < -0.4 is 4.57 Å². The largest absolute Gasteiger partial charge is 0.477 e. The van der Waals surface area contributed by atoms with E-state index in [0.29, 0.717) is 11.5 Å². The number of hydrogen-bond acceptors (Lipinski definition) is 4. The molecule has 2 atom stereocenters. The number of carbonyl (C=O) groups is 2. The van der Waals surface area contributed by atoms with Gasteiger partial charge in [0.1, 0.15) is 11.1 Å². The lowest BCUT2D eigenvalue weighted by Crippen LogP contribution is -2.57. The predicted octanol–water partition coefficient (Wildman–Crippen LogP) is 1.49. The van der Waals surface area contributed by atoms with E-state index in [1.165, 1.54) is 0 Å². The fourth-order valence-electron chi connectivity index (χ4n) is 3.56. The number of carbonyl (C=O) groups excluding carboxylic acids is 1. The second-order valence-corrected chi connectivity index (χ2v) is 6.96. The molecule has 1 aromatic rings. The van der Waals surface area contributed by atoms with Crippen LogP contribution in [0.3, 0.4) is 0 Å². The van der Waals surface area contributed by atoms with Gasteiger partial charge in [0.25, 0.3) is 11.6 Å². The number of carboxylic acid groups (broad SMARTS) is 1. The van der Waals surface area contributed by atoms with Crippen molar-refractivity contribution < 1.29 is 19.3 Å². The fraction of sp³-hybridized carbons (Fsp3) is 0.556. The van der Waals surface area contributed by atoms with Crippen LogP contribution in [0, 0.1) is 5.92 Å². The Morgan fingerprint density at radius 3 is 2.60 bits per heavy atom. The minimum atomic E-state index is -1.02. The molecule has 134 valence electrons. The van der Waals surface area contributed by atoms with Gasteiger partial charge < -0.3 is 5.11 Å². The van der Waals surface area contributed by atoms with Gasteiger partial charge in [-0.25, -0.2) is 19.6 Å². The Labute approximate surface area is 147 Å². The Kier molecular flexibility index (Phi) is 4.15. The summed E-state index contributed by atoms with van der Waals surface area (Å²) in [4.78, 5) is 33.6. The Balaban J connectivity index is 2.28. The molecule has 0 radical (unpaired) electrons. The topological polar surface area (TPSA) is 77.1 Å². The zero-order valence-electron chi connectivity index (χ0n) is 15.4. The summed E-state index contributed by atoms with van der Waals surface area (Å²) in [5.41, 5.74) is -0.198. The second kappa shape index (κ2) is 5.91. The first kappa shape index (κ1) is 17.5. The lowest BCUT2D eigenvalue weighted by Gasteiger charge is -2.30. The summed E-state index contributed by atoms with van der Waals surface area (Å²) in [5, 5.41) is 9.63. The normalized spacial score (nSPS) is 24.8. The second-order valence-electron chi connectivity index (χ2n) is 6.96. The van der Waals surface area contributed by atoms with Crippen molar-refractivity contribution >= 4 is 17.7 Å². The van der Waals surface area contributed by atoms with E-state index in [1.54, 1.807) is 17.0 Å². The molecule has 1 N–H and O–H groups in total. The molecule has 0 saturated carbocycles. The highest BCUT2D eigenvalue weighted by Crippen LogP contribution is 2.38. The van der Waals surface area contributed by atoms with Crippen LogP contribution in [0.15, 0.2) is 23.3 Å². The van der Waals surface area contributed by atoms with Crippen LogP contribution in [0.1, 0.15) is 57.0 Å². The molecule has 7 nitrogen and oxygen atoms in total. The molecule has 0 spiro atoms. The molecule has 0 aliphatic carbocycles. The Bertz CT molecular complexity index is 770. The van der Waals surface area contributed by atoms with Gasteiger partial charge in [-0.1, -0.05) is 27.7 Å². The molecule has 1 amide bonds. The average molecular weight is 345 g/mol. The van der Waals surface area contributed by atoms with E-state index in [4.69, 9.17) is 4.99 Å². The summed E-state index contributed by atoms with van der Waals surface area (Å²) < 4.78 is 1.85. The first-order chi connectivity index (χ1) is 11.8. The van der Waals surface area contributed by atoms with Crippen LogP contribution in [0.2, 0.25) is 0 Å². The third-order valence-electron chi connectivity index (χ3n) is 5.43. The lowest BCUT2D eigenvalue weighted by atomic mass is 9.89. The summed E-state index contributed by atoms with van der Waals surface area (Å²) >= 11 is 0. The number of aromatic carboxylic acids is 1. The summed E-state index contributed by atoms with van der Waals surface area (Å²) in [6.45, 7) is 11.3. The summed E-state index contributed by atoms with van der Waals surface area (Å²) in [7, 11) is 0. The Hall–Kier alpha value is -2.28. The highest BCUT2D eigenvalue weighted by molar-refractivity contribution is 6.17.